The van der Waals surface area contributed by atoms with Crippen LogP contribution in [-0.2, 0) is 6.54 Å². The first-order chi connectivity index (χ1) is 6.63. The number of nitrogens with zero attached hydrogens (tertiary/aromatic N) is 2. The van der Waals surface area contributed by atoms with Gasteiger partial charge in [-0.25, -0.2) is 9.97 Å². The summed E-state index contributed by atoms with van der Waals surface area (Å²) in [6.45, 7) is 5.36. The van der Waals surface area contributed by atoms with Crippen LogP contribution >= 0.6 is 0 Å². The Morgan fingerprint density at radius 1 is 1.57 bits per heavy atom. The Labute approximate surface area is 85.0 Å². The van der Waals surface area contributed by atoms with Crippen LogP contribution in [0.4, 0.5) is 0 Å². The second kappa shape index (κ2) is 3.31. The summed E-state index contributed by atoms with van der Waals surface area (Å²) in [5, 5.41) is 3.10. The molecule has 1 aliphatic rings. The van der Waals surface area contributed by atoms with E-state index in [-0.39, 0.29) is 0 Å². The Hall–Kier alpha value is -0.960. The van der Waals surface area contributed by atoms with Crippen molar-refractivity contribution in [2.45, 2.75) is 32.7 Å². The SMILES string of the molecule is CNCc1ccnc(C2CC2(C)C)n1. The molecule has 0 aromatic carbocycles. The zero-order valence-corrected chi connectivity index (χ0v) is 9.04. The van der Waals surface area contributed by atoms with Crippen LogP contribution in [0.1, 0.15) is 37.7 Å². The molecule has 1 aliphatic carbocycles. The van der Waals surface area contributed by atoms with Crippen molar-refractivity contribution >= 4 is 0 Å². The lowest BCUT2D eigenvalue weighted by atomic mass is 10.1. The lowest BCUT2D eigenvalue weighted by Crippen LogP contribution is -2.09. The third-order valence-corrected chi connectivity index (χ3v) is 2.91. The van der Waals surface area contributed by atoms with Crippen LogP contribution in [0.3, 0.4) is 0 Å². The van der Waals surface area contributed by atoms with Crippen LogP contribution in [0.25, 0.3) is 0 Å². The summed E-state index contributed by atoms with van der Waals surface area (Å²) in [6.07, 6.45) is 3.08. The van der Waals surface area contributed by atoms with Crippen molar-refractivity contribution in [3.05, 3.63) is 23.8 Å². The van der Waals surface area contributed by atoms with Crippen LogP contribution in [0.5, 0.6) is 0 Å². The van der Waals surface area contributed by atoms with Crippen LogP contribution in [0, 0.1) is 5.41 Å². The highest BCUT2D eigenvalue weighted by Crippen LogP contribution is 2.57. The molecule has 1 heterocycles. The molecule has 0 aliphatic heterocycles. The maximum Gasteiger partial charge on any atom is 0.132 e. The zero-order chi connectivity index (χ0) is 10.2. The normalized spacial score (nSPS) is 23.5. The molecule has 3 heteroatoms. The summed E-state index contributed by atoms with van der Waals surface area (Å²) >= 11 is 0. The third kappa shape index (κ3) is 1.77. The number of aromatic nitrogens is 2. The number of hydrogen-bond donors (Lipinski definition) is 1. The summed E-state index contributed by atoms with van der Waals surface area (Å²) in [7, 11) is 1.93. The van der Waals surface area contributed by atoms with E-state index in [4.69, 9.17) is 0 Å². The van der Waals surface area contributed by atoms with Gasteiger partial charge in [-0.2, -0.15) is 0 Å². The van der Waals surface area contributed by atoms with E-state index >= 15 is 0 Å². The Morgan fingerprint density at radius 3 is 2.86 bits per heavy atom. The van der Waals surface area contributed by atoms with Gasteiger partial charge in [0.1, 0.15) is 5.82 Å². The smallest absolute Gasteiger partial charge is 0.132 e. The molecule has 0 amide bonds. The molecule has 2 rings (SSSR count). The van der Waals surface area contributed by atoms with Gasteiger partial charge in [0, 0.05) is 18.7 Å². The van der Waals surface area contributed by atoms with Crippen LogP contribution in [0.15, 0.2) is 12.3 Å². The fraction of sp³-hybridized carbons (Fsp3) is 0.636. The predicted molar refractivity (Wildman–Crippen MR) is 55.9 cm³/mol. The Kier molecular flexibility index (Phi) is 2.27. The van der Waals surface area contributed by atoms with Gasteiger partial charge >= 0.3 is 0 Å². The van der Waals surface area contributed by atoms with E-state index in [1.807, 2.05) is 19.3 Å². The van der Waals surface area contributed by atoms with Crippen molar-refractivity contribution in [2.75, 3.05) is 7.05 Å². The summed E-state index contributed by atoms with van der Waals surface area (Å²) in [5.74, 6) is 1.59. The highest BCUT2D eigenvalue weighted by atomic mass is 14.9. The standard InChI is InChI=1S/C11H17N3/c1-11(2)6-9(11)10-13-5-4-8(14-10)7-12-3/h4-5,9,12H,6-7H2,1-3H3. The fourth-order valence-corrected chi connectivity index (χ4v) is 1.77. The molecule has 0 bridgehead atoms. The molecule has 1 saturated carbocycles. The molecule has 0 spiro atoms. The van der Waals surface area contributed by atoms with Gasteiger partial charge in [0.2, 0.25) is 0 Å². The molecule has 1 N–H and O–H groups in total. The first-order valence-corrected chi connectivity index (χ1v) is 5.10. The minimum absolute atomic E-state index is 0.415. The Morgan fingerprint density at radius 2 is 2.29 bits per heavy atom. The minimum Gasteiger partial charge on any atom is -0.314 e. The van der Waals surface area contributed by atoms with Gasteiger partial charge in [-0.1, -0.05) is 13.8 Å². The predicted octanol–water partition coefficient (Wildman–Crippen LogP) is 1.71. The molecule has 1 unspecified atom stereocenters. The topological polar surface area (TPSA) is 37.8 Å². The second-order valence-electron chi connectivity index (χ2n) is 4.68. The summed E-state index contributed by atoms with van der Waals surface area (Å²) in [4.78, 5) is 8.89. The van der Waals surface area contributed by atoms with E-state index in [0.717, 1.165) is 18.1 Å². The summed E-state index contributed by atoms with van der Waals surface area (Å²) in [5.41, 5.74) is 1.50. The van der Waals surface area contributed by atoms with Crippen LogP contribution in [0.2, 0.25) is 0 Å². The van der Waals surface area contributed by atoms with Gasteiger partial charge in [0.25, 0.3) is 0 Å². The fourth-order valence-electron chi connectivity index (χ4n) is 1.77. The highest BCUT2D eigenvalue weighted by Gasteiger charge is 2.48. The first-order valence-electron chi connectivity index (χ1n) is 5.10. The van der Waals surface area contributed by atoms with Gasteiger partial charge in [0.15, 0.2) is 0 Å². The molecule has 1 aromatic rings. The van der Waals surface area contributed by atoms with Crippen molar-refractivity contribution in [3.63, 3.8) is 0 Å². The minimum atomic E-state index is 0.415. The first kappa shape index (κ1) is 9.59. The molecule has 1 aromatic heterocycles. The highest BCUT2D eigenvalue weighted by molar-refractivity contribution is 5.17. The van der Waals surface area contributed by atoms with Gasteiger partial charge in [-0.15, -0.1) is 0 Å². The van der Waals surface area contributed by atoms with Crippen molar-refractivity contribution in [1.82, 2.24) is 15.3 Å². The molecular weight excluding hydrogens is 174 g/mol. The Bertz CT molecular complexity index is 333. The third-order valence-electron chi connectivity index (χ3n) is 2.91. The van der Waals surface area contributed by atoms with Crippen molar-refractivity contribution in [2.24, 2.45) is 5.41 Å². The summed E-state index contributed by atoms with van der Waals surface area (Å²) in [6, 6.07) is 1.97. The van der Waals surface area contributed by atoms with Gasteiger partial charge in [0.05, 0.1) is 5.69 Å². The van der Waals surface area contributed by atoms with Crippen LogP contribution in [-0.4, -0.2) is 17.0 Å². The maximum atomic E-state index is 4.55. The van der Waals surface area contributed by atoms with E-state index in [0.29, 0.717) is 11.3 Å². The quantitative estimate of drug-likeness (QED) is 0.790. The van der Waals surface area contributed by atoms with Gasteiger partial charge in [-0.05, 0) is 24.9 Å². The van der Waals surface area contributed by atoms with Gasteiger partial charge < -0.3 is 5.32 Å². The number of nitrogens with one attached hydrogen (secondary N) is 1. The van der Waals surface area contributed by atoms with E-state index in [1.54, 1.807) is 0 Å². The Balaban J connectivity index is 2.15. The molecule has 0 radical (unpaired) electrons. The molecule has 0 saturated heterocycles. The summed E-state index contributed by atoms with van der Waals surface area (Å²) < 4.78 is 0. The van der Waals surface area contributed by atoms with Crippen molar-refractivity contribution in [3.8, 4) is 0 Å². The second-order valence-corrected chi connectivity index (χ2v) is 4.68. The van der Waals surface area contributed by atoms with Crippen molar-refractivity contribution < 1.29 is 0 Å². The number of hydrogen-bond acceptors (Lipinski definition) is 3. The molecule has 76 valence electrons. The molecule has 1 fully saturated rings. The largest absolute Gasteiger partial charge is 0.314 e. The average molecular weight is 191 g/mol. The number of rotatable bonds is 3. The molecule has 1 atom stereocenters. The lowest BCUT2D eigenvalue weighted by molar-refractivity contribution is 0.605. The molecular formula is C11H17N3. The average Bonchev–Trinajstić information content (AvgIpc) is 2.76. The van der Waals surface area contributed by atoms with E-state index in [1.165, 1.54) is 6.42 Å². The monoisotopic (exact) mass is 191 g/mol. The lowest BCUT2D eigenvalue weighted by Gasteiger charge is -2.04. The van der Waals surface area contributed by atoms with Crippen LogP contribution < -0.4 is 5.32 Å². The zero-order valence-electron chi connectivity index (χ0n) is 9.04. The van der Waals surface area contributed by atoms with E-state index in [2.05, 4.69) is 29.1 Å². The van der Waals surface area contributed by atoms with E-state index < -0.39 is 0 Å². The molecule has 14 heavy (non-hydrogen) atoms. The van der Waals surface area contributed by atoms with Gasteiger partial charge in [-0.3, -0.25) is 0 Å². The maximum absolute atomic E-state index is 4.55. The van der Waals surface area contributed by atoms with Crippen molar-refractivity contribution in [1.29, 1.82) is 0 Å². The molecule has 3 nitrogen and oxygen atoms in total. The van der Waals surface area contributed by atoms with E-state index in [9.17, 15) is 0 Å².